The van der Waals surface area contributed by atoms with Gasteiger partial charge < -0.3 is 4.74 Å². The zero-order valence-corrected chi connectivity index (χ0v) is 7.53. The number of hydrogen-bond acceptors (Lipinski definition) is 3. The van der Waals surface area contributed by atoms with Crippen LogP contribution in [0.15, 0.2) is 17.3 Å². The smallest absolute Gasteiger partial charge is 0.213 e. The normalized spacial score (nSPS) is 10.6. The molecule has 0 atom stereocenters. The summed E-state index contributed by atoms with van der Waals surface area (Å²) in [6.45, 7) is 2.00. The zero-order valence-electron chi connectivity index (χ0n) is 7.53. The number of aromatic nitrogens is 1. The van der Waals surface area contributed by atoms with Crippen LogP contribution in [0.4, 0.5) is 0 Å². The van der Waals surface area contributed by atoms with E-state index < -0.39 is 0 Å². The number of rotatable bonds is 2. The Morgan fingerprint density at radius 1 is 1.58 bits per heavy atom. The van der Waals surface area contributed by atoms with E-state index in [1.807, 2.05) is 13.0 Å². The molecule has 0 aliphatic rings. The van der Waals surface area contributed by atoms with Gasteiger partial charge in [0, 0.05) is 31.1 Å². The summed E-state index contributed by atoms with van der Waals surface area (Å²) < 4.78 is 4.97. The summed E-state index contributed by atoms with van der Waals surface area (Å²) in [4.78, 5) is 7.98. The second kappa shape index (κ2) is 3.85. The summed E-state index contributed by atoms with van der Waals surface area (Å²) in [6, 6.07) is 1.89. The fourth-order valence-corrected chi connectivity index (χ4v) is 0.927. The first-order valence-corrected chi connectivity index (χ1v) is 3.70. The van der Waals surface area contributed by atoms with E-state index in [-0.39, 0.29) is 0 Å². The molecule has 0 saturated heterocycles. The van der Waals surface area contributed by atoms with Crippen molar-refractivity contribution in [2.75, 3.05) is 14.2 Å². The molecule has 0 radical (unpaired) electrons. The Kier molecular flexibility index (Phi) is 2.80. The summed E-state index contributed by atoms with van der Waals surface area (Å²) in [5, 5.41) is 0. The molecular formula is C9H12N2O. The van der Waals surface area contributed by atoms with E-state index in [9.17, 15) is 0 Å². The monoisotopic (exact) mass is 164 g/mol. The lowest BCUT2D eigenvalue weighted by Gasteiger charge is -2.01. The molecule has 12 heavy (non-hydrogen) atoms. The Labute approximate surface area is 72.1 Å². The molecular weight excluding hydrogens is 152 g/mol. The second-order valence-electron chi connectivity index (χ2n) is 2.47. The molecule has 0 spiro atoms. The third-order valence-corrected chi connectivity index (χ3v) is 1.60. The number of nitrogens with zero attached hydrogens (tertiary/aromatic N) is 2. The summed E-state index contributed by atoms with van der Waals surface area (Å²) in [7, 11) is 3.35. The molecule has 0 fully saturated rings. The maximum absolute atomic E-state index is 4.97. The van der Waals surface area contributed by atoms with Crippen LogP contribution in [0.5, 0.6) is 5.88 Å². The van der Waals surface area contributed by atoms with Gasteiger partial charge in [-0.3, -0.25) is 4.99 Å². The lowest BCUT2D eigenvalue weighted by Crippen LogP contribution is -1.92. The zero-order chi connectivity index (χ0) is 8.97. The van der Waals surface area contributed by atoms with Crippen molar-refractivity contribution in [2.45, 2.75) is 6.92 Å². The molecule has 0 N–H and O–H groups in total. The van der Waals surface area contributed by atoms with Gasteiger partial charge in [-0.15, -0.1) is 0 Å². The van der Waals surface area contributed by atoms with Crippen LogP contribution in [-0.2, 0) is 0 Å². The standard InChI is InChI=1S/C9H12N2O/c1-7-4-9(12-3)11-6-8(7)5-10-2/h4-6H,1-3H3/b10-5+. The van der Waals surface area contributed by atoms with Crippen LogP contribution >= 0.6 is 0 Å². The van der Waals surface area contributed by atoms with Crippen molar-refractivity contribution in [3.63, 3.8) is 0 Å². The Bertz CT molecular complexity index is 295. The first kappa shape index (κ1) is 8.71. The molecule has 0 aromatic carbocycles. The molecule has 3 heteroatoms. The molecule has 64 valence electrons. The van der Waals surface area contributed by atoms with Gasteiger partial charge in [0.2, 0.25) is 5.88 Å². The van der Waals surface area contributed by atoms with E-state index in [0.29, 0.717) is 5.88 Å². The van der Waals surface area contributed by atoms with E-state index in [4.69, 9.17) is 4.74 Å². The molecule has 0 saturated carbocycles. The highest BCUT2D eigenvalue weighted by atomic mass is 16.5. The number of aliphatic imine (C=N–C) groups is 1. The van der Waals surface area contributed by atoms with Crippen molar-refractivity contribution in [1.82, 2.24) is 4.98 Å². The Morgan fingerprint density at radius 2 is 2.33 bits per heavy atom. The highest BCUT2D eigenvalue weighted by Crippen LogP contribution is 2.11. The van der Waals surface area contributed by atoms with Crippen LogP contribution in [0.3, 0.4) is 0 Å². The highest BCUT2D eigenvalue weighted by Gasteiger charge is 1.97. The maximum atomic E-state index is 4.97. The molecule has 1 heterocycles. The minimum Gasteiger partial charge on any atom is -0.481 e. The molecule has 0 unspecified atom stereocenters. The van der Waals surface area contributed by atoms with E-state index >= 15 is 0 Å². The molecule has 0 bridgehead atoms. The lowest BCUT2D eigenvalue weighted by atomic mass is 10.2. The maximum Gasteiger partial charge on any atom is 0.213 e. The second-order valence-corrected chi connectivity index (χ2v) is 2.47. The van der Waals surface area contributed by atoms with E-state index in [1.54, 1.807) is 26.6 Å². The SMILES string of the molecule is C/N=C/c1cnc(OC)cc1C. The molecule has 0 aliphatic carbocycles. The highest BCUT2D eigenvalue weighted by molar-refractivity contribution is 5.81. The summed E-state index contributed by atoms with van der Waals surface area (Å²) in [5.74, 6) is 0.640. The fourth-order valence-electron chi connectivity index (χ4n) is 0.927. The van der Waals surface area contributed by atoms with Crippen molar-refractivity contribution in [3.8, 4) is 5.88 Å². The molecule has 1 aromatic heterocycles. The third-order valence-electron chi connectivity index (χ3n) is 1.60. The van der Waals surface area contributed by atoms with Gasteiger partial charge in [-0.2, -0.15) is 0 Å². The molecule has 0 amide bonds. The average molecular weight is 164 g/mol. The molecule has 1 rings (SSSR count). The van der Waals surface area contributed by atoms with Crippen LogP contribution in [0.2, 0.25) is 0 Å². The van der Waals surface area contributed by atoms with Crippen molar-refractivity contribution in [1.29, 1.82) is 0 Å². The number of pyridine rings is 1. The van der Waals surface area contributed by atoms with Gasteiger partial charge >= 0.3 is 0 Å². The van der Waals surface area contributed by atoms with E-state index in [2.05, 4.69) is 9.98 Å². The minimum atomic E-state index is 0.640. The van der Waals surface area contributed by atoms with Crippen LogP contribution < -0.4 is 4.74 Å². The van der Waals surface area contributed by atoms with Gasteiger partial charge in [0.15, 0.2) is 0 Å². The Morgan fingerprint density at radius 3 is 2.83 bits per heavy atom. The van der Waals surface area contributed by atoms with Crippen molar-refractivity contribution in [3.05, 3.63) is 23.4 Å². The van der Waals surface area contributed by atoms with Crippen molar-refractivity contribution in [2.24, 2.45) is 4.99 Å². The largest absolute Gasteiger partial charge is 0.481 e. The Balaban J connectivity index is 3.03. The first-order chi connectivity index (χ1) is 5.77. The molecule has 3 nitrogen and oxygen atoms in total. The van der Waals surface area contributed by atoms with Crippen molar-refractivity contribution < 1.29 is 4.74 Å². The first-order valence-electron chi connectivity index (χ1n) is 3.70. The van der Waals surface area contributed by atoms with Crippen LogP contribution in [-0.4, -0.2) is 25.4 Å². The number of methoxy groups -OCH3 is 1. The van der Waals surface area contributed by atoms with Gasteiger partial charge in [-0.05, 0) is 12.5 Å². The van der Waals surface area contributed by atoms with Gasteiger partial charge in [0.1, 0.15) is 0 Å². The topological polar surface area (TPSA) is 34.5 Å². The van der Waals surface area contributed by atoms with Gasteiger partial charge in [0.05, 0.1) is 7.11 Å². The quantitative estimate of drug-likeness (QED) is 0.620. The summed E-state index contributed by atoms with van der Waals surface area (Å²) in [6.07, 6.45) is 3.53. The predicted octanol–water partition coefficient (Wildman–Crippen LogP) is 1.45. The average Bonchev–Trinajstić information content (AvgIpc) is 2.09. The van der Waals surface area contributed by atoms with Gasteiger partial charge in [-0.1, -0.05) is 0 Å². The fraction of sp³-hybridized carbons (Fsp3) is 0.333. The van der Waals surface area contributed by atoms with Gasteiger partial charge in [-0.25, -0.2) is 4.98 Å². The number of aryl methyl sites for hydroxylation is 1. The number of hydrogen-bond donors (Lipinski definition) is 0. The summed E-state index contributed by atoms with van der Waals surface area (Å²) >= 11 is 0. The summed E-state index contributed by atoms with van der Waals surface area (Å²) in [5.41, 5.74) is 2.14. The predicted molar refractivity (Wildman–Crippen MR) is 49.0 cm³/mol. The lowest BCUT2D eigenvalue weighted by molar-refractivity contribution is 0.397. The van der Waals surface area contributed by atoms with E-state index in [0.717, 1.165) is 11.1 Å². The number of ether oxygens (including phenoxy) is 1. The molecule has 0 aliphatic heterocycles. The van der Waals surface area contributed by atoms with Crippen molar-refractivity contribution >= 4 is 6.21 Å². The Hall–Kier alpha value is -1.38. The third kappa shape index (κ3) is 1.81. The van der Waals surface area contributed by atoms with Crippen LogP contribution in [0.1, 0.15) is 11.1 Å². The van der Waals surface area contributed by atoms with Crippen LogP contribution in [0, 0.1) is 6.92 Å². The minimum absolute atomic E-state index is 0.640. The van der Waals surface area contributed by atoms with Gasteiger partial charge in [0.25, 0.3) is 0 Å². The van der Waals surface area contributed by atoms with Crippen LogP contribution in [0.25, 0.3) is 0 Å². The van der Waals surface area contributed by atoms with E-state index in [1.165, 1.54) is 0 Å². The molecule has 1 aromatic rings.